The van der Waals surface area contributed by atoms with Crippen molar-refractivity contribution in [3.63, 3.8) is 0 Å². The maximum Gasteiger partial charge on any atom is 0.262 e. The fraction of sp³-hybridized carbons (Fsp3) is 0.429. The quantitative estimate of drug-likeness (QED) is 0.852. The van der Waals surface area contributed by atoms with E-state index in [1.165, 1.54) is 16.2 Å². The van der Waals surface area contributed by atoms with E-state index in [0.717, 1.165) is 47.3 Å². The van der Waals surface area contributed by atoms with Crippen LogP contribution in [-0.2, 0) is 17.6 Å². The highest BCUT2D eigenvalue weighted by molar-refractivity contribution is 7.16. The molecule has 1 aliphatic carbocycles. The maximum atomic E-state index is 12.4. The number of aryl methyl sites for hydroxylation is 2. The molecule has 1 aromatic carbocycles. The molecule has 0 aliphatic heterocycles. The Morgan fingerprint density at radius 2 is 2.15 bits per heavy atom. The molecule has 3 rings (SSSR count). The highest BCUT2D eigenvalue weighted by atomic mass is 32.1. The van der Waals surface area contributed by atoms with Crippen LogP contribution in [0.4, 0.5) is 5.00 Å². The molecule has 4 nitrogen and oxygen atoms in total. The first-order valence-electron chi connectivity index (χ1n) is 8.94. The lowest BCUT2D eigenvalue weighted by Gasteiger charge is -2.17. The summed E-state index contributed by atoms with van der Waals surface area (Å²) in [4.78, 5) is 13.6. The highest BCUT2D eigenvalue weighted by Gasteiger charge is 2.24. The molecule has 0 bridgehead atoms. The lowest BCUT2D eigenvalue weighted by molar-refractivity contribution is -0.118. The van der Waals surface area contributed by atoms with Crippen LogP contribution in [0.5, 0.6) is 5.75 Å². The molecule has 0 spiro atoms. The van der Waals surface area contributed by atoms with E-state index in [1.807, 2.05) is 26.8 Å². The fourth-order valence-electron chi connectivity index (χ4n) is 3.41. The first-order chi connectivity index (χ1) is 12.4. The minimum atomic E-state index is -0.230. The Hall–Kier alpha value is -2.32. The number of rotatable bonds is 4. The van der Waals surface area contributed by atoms with Gasteiger partial charge in [-0.15, -0.1) is 11.3 Å². The van der Waals surface area contributed by atoms with E-state index in [0.29, 0.717) is 16.5 Å². The smallest absolute Gasteiger partial charge is 0.262 e. The number of ether oxygens (including phenoxy) is 1. The van der Waals surface area contributed by atoms with Crippen LogP contribution >= 0.6 is 11.3 Å². The molecule has 1 atom stereocenters. The van der Waals surface area contributed by atoms with Crippen molar-refractivity contribution in [1.82, 2.24) is 0 Å². The Labute approximate surface area is 158 Å². The van der Waals surface area contributed by atoms with Crippen LogP contribution in [0.3, 0.4) is 0 Å². The molecule has 0 radical (unpaired) electrons. The molecule has 1 N–H and O–H groups in total. The van der Waals surface area contributed by atoms with E-state index in [-0.39, 0.29) is 12.5 Å². The second-order valence-electron chi connectivity index (χ2n) is 7.21. The fourth-order valence-corrected chi connectivity index (χ4v) is 4.79. The number of amides is 1. The molecule has 5 heteroatoms. The molecule has 0 saturated heterocycles. The predicted octanol–water partition coefficient (Wildman–Crippen LogP) is 4.69. The normalized spacial score (nSPS) is 15.9. The van der Waals surface area contributed by atoms with Crippen molar-refractivity contribution in [2.75, 3.05) is 11.9 Å². The average Bonchev–Trinajstić information content (AvgIpc) is 2.92. The summed E-state index contributed by atoms with van der Waals surface area (Å²) in [5.41, 5.74) is 5.05. The summed E-state index contributed by atoms with van der Waals surface area (Å²) >= 11 is 1.54. The number of carbonyl (C=O) groups is 1. The third kappa shape index (κ3) is 3.76. The van der Waals surface area contributed by atoms with Gasteiger partial charge in [-0.3, -0.25) is 4.79 Å². The van der Waals surface area contributed by atoms with Crippen molar-refractivity contribution in [1.29, 1.82) is 5.26 Å². The molecule has 2 aromatic rings. The second-order valence-corrected chi connectivity index (χ2v) is 8.31. The van der Waals surface area contributed by atoms with E-state index in [4.69, 9.17) is 4.74 Å². The van der Waals surface area contributed by atoms with Crippen molar-refractivity contribution >= 4 is 22.2 Å². The minimum Gasteiger partial charge on any atom is -0.483 e. The topological polar surface area (TPSA) is 62.1 Å². The molecule has 0 fully saturated rings. The average molecular weight is 369 g/mol. The number of fused-ring (bicyclic) bond motifs is 1. The van der Waals surface area contributed by atoms with Gasteiger partial charge in [0.15, 0.2) is 6.61 Å². The van der Waals surface area contributed by atoms with E-state index in [9.17, 15) is 10.1 Å². The molecule has 26 heavy (non-hydrogen) atoms. The third-order valence-electron chi connectivity index (χ3n) is 5.00. The van der Waals surface area contributed by atoms with Gasteiger partial charge in [0.2, 0.25) is 0 Å². The van der Waals surface area contributed by atoms with Crippen LogP contribution in [0.25, 0.3) is 0 Å². The zero-order chi connectivity index (χ0) is 18.8. The van der Waals surface area contributed by atoms with Gasteiger partial charge in [-0.25, -0.2) is 0 Å². The maximum absolute atomic E-state index is 12.4. The van der Waals surface area contributed by atoms with E-state index in [2.05, 4.69) is 24.4 Å². The van der Waals surface area contributed by atoms with Crippen molar-refractivity contribution in [3.8, 4) is 11.8 Å². The zero-order valence-electron chi connectivity index (χ0n) is 15.7. The summed E-state index contributed by atoms with van der Waals surface area (Å²) in [5, 5.41) is 13.1. The largest absolute Gasteiger partial charge is 0.483 e. The van der Waals surface area contributed by atoms with Gasteiger partial charge in [-0.2, -0.15) is 5.26 Å². The molecule has 1 amide bonds. The molecule has 1 aliphatic rings. The van der Waals surface area contributed by atoms with Crippen molar-refractivity contribution in [2.24, 2.45) is 5.92 Å². The van der Waals surface area contributed by atoms with Gasteiger partial charge in [0.05, 0.1) is 5.56 Å². The number of thiophene rings is 1. The number of nitrogens with one attached hydrogen (secondary N) is 1. The minimum absolute atomic E-state index is 0.0619. The first-order valence-corrected chi connectivity index (χ1v) is 9.75. The lowest BCUT2D eigenvalue weighted by Crippen LogP contribution is -2.20. The van der Waals surface area contributed by atoms with E-state index < -0.39 is 0 Å². The second kappa shape index (κ2) is 7.51. The van der Waals surface area contributed by atoms with Crippen LogP contribution < -0.4 is 10.1 Å². The number of nitriles is 1. The third-order valence-corrected chi connectivity index (χ3v) is 6.17. The summed E-state index contributed by atoms with van der Waals surface area (Å²) in [6.45, 7) is 8.20. The molecular weight excluding hydrogens is 344 g/mol. The van der Waals surface area contributed by atoms with Gasteiger partial charge in [0, 0.05) is 4.88 Å². The van der Waals surface area contributed by atoms with Crippen LogP contribution in [0.2, 0.25) is 0 Å². The van der Waals surface area contributed by atoms with E-state index in [1.54, 1.807) is 0 Å². The molecule has 136 valence electrons. The predicted molar refractivity (Wildman–Crippen MR) is 105 cm³/mol. The van der Waals surface area contributed by atoms with Gasteiger partial charge in [0.1, 0.15) is 16.8 Å². The van der Waals surface area contributed by atoms with Gasteiger partial charge < -0.3 is 10.1 Å². The van der Waals surface area contributed by atoms with Crippen molar-refractivity contribution in [3.05, 3.63) is 44.8 Å². The van der Waals surface area contributed by atoms with Crippen molar-refractivity contribution in [2.45, 2.75) is 47.0 Å². The molecular formula is C21H24N2O2S. The van der Waals surface area contributed by atoms with Crippen molar-refractivity contribution < 1.29 is 9.53 Å². The Balaban J connectivity index is 1.71. The highest BCUT2D eigenvalue weighted by Crippen LogP contribution is 2.39. The number of carbonyl (C=O) groups excluding carboxylic acids is 1. The Morgan fingerprint density at radius 1 is 1.38 bits per heavy atom. The number of hydrogen-bond donors (Lipinski definition) is 1. The standard InChI is InChI=1S/C21H24N2O2S/c1-12-5-6-16-17(10-22)21(26-19(16)9-12)23-20(24)11-25-18-8-13(2)7-14(3)15(18)4/h7-8,12H,5-6,9,11H2,1-4H3,(H,23,24). The van der Waals surface area contributed by atoms with Crippen LogP contribution in [0, 0.1) is 38.0 Å². The molecule has 1 heterocycles. The van der Waals surface area contributed by atoms with Crippen LogP contribution in [0.1, 0.15) is 46.0 Å². The first kappa shape index (κ1) is 18.5. The number of nitrogens with zero attached hydrogens (tertiary/aromatic N) is 1. The summed E-state index contributed by atoms with van der Waals surface area (Å²) in [7, 11) is 0. The Morgan fingerprint density at radius 3 is 2.88 bits per heavy atom. The Kier molecular flexibility index (Phi) is 5.33. The van der Waals surface area contributed by atoms with Gasteiger partial charge in [-0.05, 0) is 74.3 Å². The van der Waals surface area contributed by atoms with Gasteiger partial charge in [0.25, 0.3) is 5.91 Å². The zero-order valence-corrected chi connectivity index (χ0v) is 16.5. The van der Waals surface area contributed by atoms with Gasteiger partial charge in [-0.1, -0.05) is 13.0 Å². The summed E-state index contributed by atoms with van der Waals surface area (Å²) in [5.74, 6) is 1.14. The Bertz CT molecular complexity index is 892. The number of benzene rings is 1. The monoisotopic (exact) mass is 368 g/mol. The molecule has 1 unspecified atom stereocenters. The number of anilines is 1. The molecule has 0 saturated carbocycles. The van der Waals surface area contributed by atoms with E-state index >= 15 is 0 Å². The van der Waals surface area contributed by atoms with Crippen LogP contribution in [-0.4, -0.2) is 12.5 Å². The number of hydrogen-bond acceptors (Lipinski definition) is 4. The summed E-state index contributed by atoms with van der Waals surface area (Å²) in [6, 6.07) is 6.32. The van der Waals surface area contributed by atoms with Gasteiger partial charge >= 0.3 is 0 Å². The van der Waals surface area contributed by atoms with Crippen LogP contribution in [0.15, 0.2) is 12.1 Å². The summed E-state index contributed by atoms with van der Waals surface area (Å²) < 4.78 is 5.73. The lowest BCUT2D eigenvalue weighted by atomic mass is 9.89. The summed E-state index contributed by atoms with van der Waals surface area (Å²) in [6.07, 6.45) is 3.01. The molecule has 1 aromatic heterocycles. The SMILES string of the molecule is Cc1cc(C)c(C)c(OCC(=O)Nc2sc3c(c2C#N)CCC(C)C3)c1.